The molecule has 2 heterocycles. The summed E-state index contributed by atoms with van der Waals surface area (Å²) in [5.41, 5.74) is 4.04. The number of aromatic amines is 1. The van der Waals surface area contributed by atoms with Crippen LogP contribution in [0.25, 0.3) is 0 Å². The number of carbonyl (C=O) groups excluding carboxylic acids is 2. The van der Waals surface area contributed by atoms with Crippen LogP contribution in [0, 0.1) is 6.92 Å². The standard InChI is InChI=1S/C12H11N3O4/c1-7-8(4-6-19-7)11(17)14-15-12(18)9-3-2-5-13-10(9)16/h2-6H,1H3,(H,13,16)(H,14,17)(H,15,18). The average Bonchev–Trinajstić information content (AvgIpc) is 2.82. The van der Waals surface area contributed by atoms with Crippen molar-refractivity contribution in [2.24, 2.45) is 0 Å². The van der Waals surface area contributed by atoms with Gasteiger partial charge in [-0.15, -0.1) is 0 Å². The highest BCUT2D eigenvalue weighted by Gasteiger charge is 2.14. The van der Waals surface area contributed by atoms with Gasteiger partial charge in [-0.25, -0.2) is 0 Å². The minimum absolute atomic E-state index is 0.0910. The summed E-state index contributed by atoms with van der Waals surface area (Å²) in [4.78, 5) is 37.0. The Morgan fingerprint density at radius 1 is 1.16 bits per heavy atom. The van der Waals surface area contributed by atoms with Gasteiger partial charge in [0, 0.05) is 6.20 Å². The first-order valence-corrected chi connectivity index (χ1v) is 5.42. The van der Waals surface area contributed by atoms with Gasteiger partial charge < -0.3 is 9.40 Å². The lowest BCUT2D eigenvalue weighted by molar-refractivity contribution is 0.0845. The van der Waals surface area contributed by atoms with E-state index in [1.165, 1.54) is 30.7 Å². The Balaban J connectivity index is 2.02. The molecule has 0 atom stereocenters. The second kappa shape index (κ2) is 5.21. The van der Waals surface area contributed by atoms with Gasteiger partial charge in [-0.2, -0.15) is 0 Å². The first kappa shape index (κ1) is 12.6. The second-order valence-corrected chi connectivity index (χ2v) is 3.71. The Morgan fingerprint density at radius 3 is 2.42 bits per heavy atom. The van der Waals surface area contributed by atoms with Crippen LogP contribution in [0.5, 0.6) is 0 Å². The van der Waals surface area contributed by atoms with E-state index >= 15 is 0 Å². The highest BCUT2D eigenvalue weighted by atomic mass is 16.3. The number of hydrogen-bond acceptors (Lipinski definition) is 4. The number of H-pyrrole nitrogens is 1. The Bertz CT molecular complexity index is 671. The Hall–Kier alpha value is -2.83. The normalized spacial score (nSPS) is 9.95. The molecule has 0 radical (unpaired) electrons. The molecule has 0 aliphatic rings. The molecular formula is C12H11N3O4. The van der Waals surface area contributed by atoms with Gasteiger partial charge in [0.05, 0.1) is 11.8 Å². The largest absolute Gasteiger partial charge is 0.469 e. The van der Waals surface area contributed by atoms with Gasteiger partial charge in [0.2, 0.25) is 0 Å². The van der Waals surface area contributed by atoms with E-state index in [2.05, 4.69) is 15.8 Å². The van der Waals surface area contributed by atoms with Gasteiger partial charge in [0.25, 0.3) is 17.4 Å². The molecule has 2 rings (SSSR count). The Morgan fingerprint density at radius 2 is 1.84 bits per heavy atom. The zero-order chi connectivity index (χ0) is 13.8. The van der Waals surface area contributed by atoms with Crippen molar-refractivity contribution in [3.05, 3.63) is 57.9 Å². The van der Waals surface area contributed by atoms with Crippen molar-refractivity contribution in [1.29, 1.82) is 0 Å². The van der Waals surface area contributed by atoms with Crippen molar-refractivity contribution in [2.45, 2.75) is 6.92 Å². The maximum Gasteiger partial charge on any atom is 0.275 e. The minimum Gasteiger partial charge on any atom is -0.469 e. The molecule has 0 bridgehead atoms. The van der Waals surface area contributed by atoms with E-state index in [9.17, 15) is 14.4 Å². The smallest absolute Gasteiger partial charge is 0.275 e. The number of hydrazine groups is 1. The van der Waals surface area contributed by atoms with E-state index in [4.69, 9.17) is 4.42 Å². The van der Waals surface area contributed by atoms with Crippen molar-refractivity contribution in [1.82, 2.24) is 15.8 Å². The number of amides is 2. The van der Waals surface area contributed by atoms with Crippen LogP contribution in [0.4, 0.5) is 0 Å². The van der Waals surface area contributed by atoms with Gasteiger partial charge >= 0.3 is 0 Å². The number of rotatable bonds is 2. The number of nitrogens with one attached hydrogen (secondary N) is 3. The van der Waals surface area contributed by atoms with Crippen molar-refractivity contribution in [3.8, 4) is 0 Å². The summed E-state index contributed by atoms with van der Waals surface area (Å²) in [5, 5.41) is 0. The van der Waals surface area contributed by atoms with Crippen LogP contribution in [-0.2, 0) is 0 Å². The van der Waals surface area contributed by atoms with Gasteiger partial charge in [0.1, 0.15) is 11.3 Å². The van der Waals surface area contributed by atoms with Crippen LogP contribution in [0.2, 0.25) is 0 Å². The van der Waals surface area contributed by atoms with Crippen molar-refractivity contribution >= 4 is 11.8 Å². The van der Waals surface area contributed by atoms with Crippen LogP contribution in [0.15, 0.2) is 39.9 Å². The first-order valence-electron chi connectivity index (χ1n) is 5.42. The molecule has 19 heavy (non-hydrogen) atoms. The molecule has 2 amide bonds. The van der Waals surface area contributed by atoms with E-state index in [1.54, 1.807) is 6.92 Å². The highest BCUT2D eigenvalue weighted by Crippen LogP contribution is 2.07. The third kappa shape index (κ3) is 2.71. The zero-order valence-electron chi connectivity index (χ0n) is 10.0. The fourth-order valence-corrected chi connectivity index (χ4v) is 1.47. The molecule has 0 aromatic carbocycles. The predicted octanol–water partition coefficient (Wildman–Crippen LogP) is 0.351. The first-order chi connectivity index (χ1) is 9.09. The predicted molar refractivity (Wildman–Crippen MR) is 65.4 cm³/mol. The number of carbonyl (C=O) groups is 2. The lowest BCUT2D eigenvalue weighted by Crippen LogP contribution is -2.43. The molecule has 0 fully saturated rings. The fourth-order valence-electron chi connectivity index (χ4n) is 1.47. The highest BCUT2D eigenvalue weighted by molar-refractivity contribution is 5.99. The summed E-state index contributed by atoms with van der Waals surface area (Å²) in [6, 6.07) is 4.34. The van der Waals surface area contributed by atoms with E-state index < -0.39 is 17.4 Å². The maximum absolute atomic E-state index is 11.7. The number of furan rings is 1. The summed E-state index contributed by atoms with van der Waals surface area (Å²) < 4.78 is 4.97. The number of hydrogen-bond donors (Lipinski definition) is 3. The van der Waals surface area contributed by atoms with Crippen LogP contribution in [0.3, 0.4) is 0 Å². The molecule has 7 nitrogen and oxygen atoms in total. The third-order valence-electron chi connectivity index (χ3n) is 2.46. The van der Waals surface area contributed by atoms with E-state index in [0.29, 0.717) is 11.3 Å². The topological polar surface area (TPSA) is 104 Å². The van der Waals surface area contributed by atoms with Crippen molar-refractivity contribution in [2.75, 3.05) is 0 Å². The molecule has 0 saturated carbocycles. The van der Waals surface area contributed by atoms with E-state index in [-0.39, 0.29) is 5.56 Å². The van der Waals surface area contributed by atoms with Crippen molar-refractivity contribution < 1.29 is 14.0 Å². The molecule has 0 saturated heterocycles. The molecule has 0 aliphatic carbocycles. The number of pyridine rings is 1. The van der Waals surface area contributed by atoms with Gasteiger partial charge in [-0.05, 0) is 25.1 Å². The summed E-state index contributed by atoms with van der Waals surface area (Å²) in [6.45, 7) is 1.62. The molecule has 0 spiro atoms. The van der Waals surface area contributed by atoms with Gasteiger partial charge in [-0.3, -0.25) is 25.2 Å². The SMILES string of the molecule is Cc1occc1C(=O)NNC(=O)c1ccc[nH]c1=O. The van der Waals surface area contributed by atoms with Crippen LogP contribution >= 0.6 is 0 Å². The summed E-state index contributed by atoms with van der Waals surface area (Å²) in [7, 11) is 0. The lowest BCUT2D eigenvalue weighted by atomic mass is 10.2. The lowest BCUT2D eigenvalue weighted by Gasteiger charge is -2.05. The zero-order valence-corrected chi connectivity index (χ0v) is 10.0. The molecule has 2 aromatic heterocycles. The minimum atomic E-state index is -0.698. The molecule has 2 aromatic rings. The summed E-state index contributed by atoms with van der Waals surface area (Å²) >= 11 is 0. The Kier molecular flexibility index (Phi) is 3.46. The second-order valence-electron chi connectivity index (χ2n) is 3.71. The van der Waals surface area contributed by atoms with Crippen LogP contribution < -0.4 is 16.4 Å². The third-order valence-corrected chi connectivity index (χ3v) is 2.46. The van der Waals surface area contributed by atoms with Gasteiger partial charge in [-0.1, -0.05) is 0 Å². The number of aryl methyl sites for hydroxylation is 1. The summed E-state index contributed by atoms with van der Waals surface area (Å²) in [5.74, 6) is -0.785. The van der Waals surface area contributed by atoms with E-state index in [1.807, 2.05) is 0 Å². The van der Waals surface area contributed by atoms with E-state index in [0.717, 1.165) is 0 Å². The molecule has 0 unspecified atom stereocenters. The summed E-state index contributed by atoms with van der Waals surface area (Å²) in [6.07, 6.45) is 2.78. The average molecular weight is 261 g/mol. The molecule has 3 N–H and O–H groups in total. The van der Waals surface area contributed by atoms with Crippen LogP contribution in [0.1, 0.15) is 26.5 Å². The monoisotopic (exact) mass is 261 g/mol. The Labute approximate surface area is 107 Å². The maximum atomic E-state index is 11.7. The van der Waals surface area contributed by atoms with Crippen LogP contribution in [-0.4, -0.2) is 16.8 Å². The molecular weight excluding hydrogens is 250 g/mol. The molecule has 98 valence electrons. The molecule has 0 aliphatic heterocycles. The molecule has 7 heteroatoms. The van der Waals surface area contributed by atoms with Crippen molar-refractivity contribution in [3.63, 3.8) is 0 Å². The number of aromatic nitrogens is 1. The quantitative estimate of drug-likeness (QED) is 0.678. The fraction of sp³-hybridized carbons (Fsp3) is 0.0833. The van der Waals surface area contributed by atoms with Gasteiger partial charge in [0.15, 0.2) is 0 Å².